The third kappa shape index (κ3) is 4.10. The quantitative estimate of drug-likeness (QED) is 0.651. The summed E-state index contributed by atoms with van der Waals surface area (Å²) in [5, 5.41) is 3.68. The summed E-state index contributed by atoms with van der Waals surface area (Å²) < 4.78 is 32.2. The van der Waals surface area contributed by atoms with E-state index in [4.69, 9.17) is 4.42 Å². The summed E-state index contributed by atoms with van der Waals surface area (Å²) in [6.07, 6.45) is 1.73. The van der Waals surface area contributed by atoms with Crippen molar-refractivity contribution in [1.29, 1.82) is 0 Å². The van der Waals surface area contributed by atoms with Crippen LogP contribution in [0.3, 0.4) is 0 Å². The standard InChI is InChI=1S/C21H24N2O4S/c1-4-23(5-2)28(25,26)18-8-6-7-17(13-18)22-21(24)12-16-14-27-20-11-15(3)9-10-19(16)20/h6-11,13-14H,4-5,12H2,1-3H3,(H,22,24). The van der Waals surface area contributed by atoms with Gasteiger partial charge >= 0.3 is 0 Å². The van der Waals surface area contributed by atoms with E-state index in [1.807, 2.05) is 25.1 Å². The number of benzene rings is 2. The lowest BCUT2D eigenvalue weighted by atomic mass is 10.1. The molecule has 148 valence electrons. The molecule has 3 aromatic rings. The highest BCUT2D eigenvalue weighted by Crippen LogP contribution is 2.24. The van der Waals surface area contributed by atoms with Gasteiger partial charge in [0.15, 0.2) is 0 Å². The van der Waals surface area contributed by atoms with E-state index < -0.39 is 10.0 Å². The maximum absolute atomic E-state index is 12.7. The van der Waals surface area contributed by atoms with Crippen molar-refractivity contribution in [2.75, 3.05) is 18.4 Å². The third-order valence-electron chi connectivity index (χ3n) is 4.62. The molecule has 1 heterocycles. The Morgan fingerprint density at radius 1 is 1.11 bits per heavy atom. The maximum atomic E-state index is 12.7. The Bertz CT molecular complexity index is 1100. The molecule has 0 saturated carbocycles. The predicted octanol–water partition coefficient (Wildman–Crippen LogP) is 3.95. The Balaban J connectivity index is 1.77. The number of nitrogens with zero attached hydrogens (tertiary/aromatic N) is 1. The zero-order valence-electron chi connectivity index (χ0n) is 16.2. The largest absolute Gasteiger partial charge is 0.464 e. The zero-order chi connectivity index (χ0) is 20.3. The van der Waals surface area contributed by atoms with Crippen molar-refractivity contribution in [3.63, 3.8) is 0 Å². The molecule has 0 unspecified atom stereocenters. The molecule has 0 spiro atoms. The van der Waals surface area contributed by atoms with E-state index in [1.54, 1.807) is 32.2 Å². The Morgan fingerprint density at radius 3 is 2.57 bits per heavy atom. The summed E-state index contributed by atoms with van der Waals surface area (Å²) in [7, 11) is -3.58. The first-order chi connectivity index (χ1) is 13.3. The number of fused-ring (bicyclic) bond motifs is 1. The first kappa shape index (κ1) is 20.1. The first-order valence-electron chi connectivity index (χ1n) is 9.22. The number of carbonyl (C=O) groups excluding carboxylic acids is 1. The monoisotopic (exact) mass is 400 g/mol. The molecule has 7 heteroatoms. The van der Waals surface area contributed by atoms with Crippen LogP contribution in [0.1, 0.15) is 25.0 Å². The zero-order valence-corrected chi connectivity index (χ0v) is 17.0. The van der Waals surface area contributed by atoms with Crippen molar-refractivity contribution < 1.29 is 17.6 Å². The average molecular weight is 401 g/mol. The van der Waals surface area contributed by atoms with E-state index in [-0.39, 0.29) is 17.2 Å². The van der Waals surface area contributed by atoms with Crippen LogP contribution in [0.2, 0.25) is 0 Å². The fourth-order valence-electron chi connectivity index (χ4n) is 3.15. The van der Waals surface area contributed by atoms with E-state index in [1.165, 1.54) is 16.4 Å². The lowest BCUT2D eigenvalue weighted by Crippen LogP contribution is -2.30. The second-order valence-electron chi connectivity index (χ2n) is 6.60. The lowest BCUT2D eigenvalue weighted by molar-refractivity contribution is -0.115. The van der Waals surface area contributed by atoms with Gasteiger partial charge in [-0.1, -0.05) is 32.0 Å². The number of amides is 1. The number of anilines is 1. The van der Waals surface area contributed by atoms with Gasteiger partial charge in [0.1, 0.15) is 5.58 Å². The molecular weight excluding hydrogens is 376 g/mol. The summed E-state index contributed by atoms with van der Waals surface area (Å²) in [5.74, 6) is -0.235. The number of hydrogen-bond acceptors (Lipinski definition) is 4. The minimum Gasteiger partial charge on any atom is -0.464 e. The lowest BCUT2D eigenvalue weighted by Gasteiger charge is -2.18. The molecule has 0 saturated heterocycles. The van der Waals surface area contributed by atoms with Gasteiger partial charge in [0.2, 0.25) is 15.9 Å². The van der Waals surface area contributed by atoms with Crippen molar-refractivity contribution in [1.82, 2.24) is 4.31 Å². The molecule has 1 N–H and O–H groups in total. The van der Waals surface area contributed by atoms with Crippen LogP contribution in [0, 0.1) is 6.92 Å². The van der Waals surface area contributed by atoms with Crippen LogP contribution in [0.4, 0.5) is 5.69 Å². The molecule has 3 rings (SSSR count). The highest BCUT2D eigenvalue weighted by atomic mass is 32.2. The molecular formula is C21H24N2O4S. The van der Waals surface area contributed by atoms with Crippen LogP contribution >= 0.6 is 0 Å². The summed E-state index contributed by atoms with van der Waals surface area (Å²) in [6.45, 7) is 6.35. The van der Waals surface area contributed by atoms with Crippen LogP contribution in [0.5, 0.6) is 0 Å². The van der Waals surface area contributed by atoms with Gasteiger partial charge in [-0.05, 0) is 36.8 Å². The van der Waals surface area contributed by atoms with Crippen LogP contribution in [-0.4, -0.2) is 31.7 Å². The molecule has 1 aromatic heterocycles. The maximum Gasteiger partial charge on any atom is 0.243 e. The van der Waals surface area contributed by atoms with Gasteiger partial charge in [0.25, 0.3) is 0 Å². The minimum atomic E-state index is -3.58. The van der Waals surface area contributed by atoms with Gasteiger partial charge in [-0.2, -0.15) is 4.31 Å². The second-order valence-corrected chi connectivity index (χ2v) is 8.54. The van der Waals surface area contributed by atoms with Crippen LogP contribution in [-0.2, 0) is 21.2 Å². The molecule has 28 heavy (non-hydrogen) atoms. The molecule has 0 aliphatic rings. The van der Waals surface area contributed by atoms with Crippen molar-refractivity contribution >= 4 is 32.6 Å². The summed E-state index contributed by atoms with van der Waals surface area (Å²) >= 11 is 0. The normalized spacial score (nSPS) is 11.9. The van der Waals surface area contributed by atoms with Gasteiger partial charge in [0.05, 0.1) is 17.6 Å². The molecule has 2 aromatic carbocycles. The van der Waals surface area contributed by atoms with Crippen molar-refractivity contribution in [3.05, 3.63) is 59.9 Å². The molecule has 0 bridgehead atoms. The predicted molar refractivity (Wildman–Crippen MR) is 110 cm³/mol. The van der Waals surface area contributed by atoms with E-state index in [0.29, 0.717) is 18.8 Å². The fourth-order valence-corrected chi connectivity index (χ4v) is 4.66. The Hall–Kier alpha value is -2.64. The molecule has 0 fully saturated rings. The number of nitrogens with one attached hydrogen (secondary N) is 1. The Kier molecular flexibility index (Phi) is 5.86. The van der Waals surface area contributed by atoms with Crippen LogP contribution in [0.15, 0.2) is 58.0 Å². The topological polar surface area (TPSA) is 79.6 Å². The van der Waals surface area contributed by atoms with E-state index in [2.05, 4.69) is 5.32 Å². The number of sulfonamides is 1. The first-order valence-corrected chi connectivity index (χ1v) is 10.7. The van der Waals surface area contributed by atoms with Gasteiger partial charge in [-0.15, -0.1) is 0 Å². The number of furan rings is 1. The SMILES string of the molecule is CCN(CC)S(=O)(=O)c1cccc(NC(=O)Cc2coc3cc(C)ccc23)c1. The second kappa shape index (κ2) is 8.16. The van der Waals surface area contributed by atoms with E-state index >= 15 is 0 Å². The van der Waals surface area contributed by atoms with Crippen molar-refractivity contribution in [3.8, 4) is 0 Å². The Labute approximate surface area is 165 Å². The van der Waals surface area contributed by atoms with Gasteiger partial charge in [-0.25, -0.2) is 8.42 Å². The molecule has 0 atom stereocenters. The molecule has 1 amide bonds. The van der Waals surface area contributed by atoms with E-state index in [9.17, 15) is 13.2 Å². The van der Waals surface area contributed by atoms with Crippen LogP contribution < -0.4 is 5.32 Å². The number of carbonyl (C=O) groups is 1. The van der Waals surface area contributed by atoms with Gasteiger partial charge in [0, 0.05) is 29.7 Å². The summed E-state index contributed by atoms with van der Waals surface area (Å²) in [6, 6.07) is 12.2. The third-order valence-corrected chi connectivity index (χ3v) is 6.67. The highest BCUT2D eigenvalue weighted by molar-refractivity contribution is 7.89. The Morgan fingerprint density at radius 2 is 1.86 bits per heavy atom. The van der Waals surface area contributed by atoms with Gasteiger partial charge < -0.3 is 9.73 Å². The van der Waals surface area contributed by atoms with Crippen LogP contribution in [0.25, 0.3) is 11.0 Å². The minimum absolute atomic E-state index is 0.142. The summed E-state index contributed by atoms with van der Waals surface area (Å²) in [4.78, 5) is 12.7. The van der Waals surface area contributed by atoms with Crippen molar-refractivity contribution in [2.24, 2.45) is 0 Å². The number of aryl methyl sites for hydroxylation is 1. The van der Waals surface area contributed by atoms with Gasteiger partial charge in [-0.3, -0.25) is 4.79 Å². The average Bonchev–Trinajstić information content (AvgIpc) is 3.04. The molecule has 6 nitrogen and oxygen atoms in total. The summed E-state index contributed by atoms with van der Waals surface area (Å²) in [5.41, 5.74) is 3.07. The molecule has 0 aliphatic carbocycles. The van der Waals surface area contributed by atoms with Crippen molar-refractivity contribution in [2.45, 2.75) is 32.1 Å². The molecule has 0 aliphatic heterocycles. The molecule has 0 radical (unpaired) electrons. The highest BCUT2D eigenvalue weighted by Gasteiger charge is 2.22. The van der Waals surface area contributed by atoms with E-state index in [0.717, 1.165) is 22.1 Å². The fraction of sp³-hybridized carbons (Fsp3) is 0.286. The smallest absolute Gasteiger partial charge is 0.243 e. The number of rotatable bonds is 7. The number of hydrogen-bond donors (Lipinski definition) is 1.